The number of anilines is 1. The molecule has 0 saturated carbocycles. The zero-order valence-corrected chi connectivity index (χ0v) is 16.0. The second-order valence-corrected chi connectivity index (χ2v) is 8.06. The molecule has 0 spiro atoms. The highest BCUT2D eigenvalue weighted by atomic mass is 32.2. The van der Waals surface area contributed by atoms with E-state index < -0.39 is 9.84 Å². The number of hydrogen-bond acceptors (Lipinski definition) is 6. The maximum absolute atomic E-state index is 13.4. The predicted molar refractivity (Wildman–Crippen MR) is 108 cm³/mol. The van der Waals surface area contributed by atoms with Gasteiger partial charge in [-0.1, -0.05) is 18.2 Å². The number of hydrogen-bond donors (Lipinski definition) is 1. The van der Waals surface area contributed by atoms with Crippen LogP contribution < -0.4 is 10.5 Å². The van der Waals surface area contributed by atoms with E-state index in [2.05, 4.69) is 16.5 Å². The first-order valence-corrected chi connectivity index (χ1v) is 10.00. The molecule has 0 saturated heterocycles. The molecule has 7 nitrogen and oxygen atoms in total. The number of methoxy groups -OCH3 is 1. The molecule has 28 heavy (non-hydrogen) atoms. The molecule has 0 amide bonds. The summed E-state index contributed by atoms with van der Waals surface area (Å²) in [5, 5.41) is 0. The second kappa shape index (κ2) is 6.65. The molecule has 0 fully saturated rings. The molecule has 2 aromatic heterocycles. The first-order valence-electron chi connectivity index (χ1n) is 8.52. The topological polar surface area (TPSA) is 100 Å². The monoisotopic (exact) mass is 394 g/mol. The van der Waals surface area contributed by atoms with Crippen molar-refractivity contribution in [3.8, 4) is 5.75 Å². The molecule has 0 bridgehead atoms. The van der Waals surface area contributed by atoms with Crippen molar-refractivity contribution in [2.75, 3.05) is 12.8 Å². The van der Waals surface area contributed by atoms with Crippen LogP contribution in [0.5, 0.6) is 5.75 Å². The van der Waals surface area contributed by atoms with Gasteiger partial charge in [-0.05, 0) is 36.4 Å². The number of aromatic nitrogens is 3. The molecule has 2 N–H and O–H groups in total. The summed E-state index contributed by atoms with van der Waals surface area (Å²) >= 11 is 0. The van der Waals surface area contributed by atoms with Gasteiger partial charge in [-0.2, -0.15) is 0 Å². The van der Waals surface area contributed by atoms with Crippen molar-refractivity contribution in [2.45, 2.75) is 16.3 Å². The number of fused-ring (bicyclic) bond motifs is 2. The third-order valence-corrected chi connectivity index (χ3v) is 6.33. The highest BCUT2D eigenvalue weighted by molar-refractivity contribution is 7.92. The van der Waals surface area contributed by atoms with Crippen molar-refractivity contribution in [3.05, 3.63) is 61.2 Å². The Kier molecular flexibility index (Phi) is 4.27. The van der Waals surface area contributed by atoms with E-state index in [9.17, 15) is 8.42 Å². The van der Waals surface area contributed by atoms with Crippen molar-refractivity contribution in [2.24, 2.45) is 0 Å². The van der Waals surface area contributed by atoms with E-state index in [1.54, 1.807) is 28.8 Å². The number of allylic oxidation sites excluding steroid dienone is 1. The van der Waals surface area contributed by atoms with E-state index >= 15 is 0 Å². The van der Waals surface area contributed by atoms with Crippen LogP contribution in [0.25, 0.3) is 22.2 Å². The van der Waals surface area contributed by atoms with Crippen molar-refractivity contribution in [1.29, 1.82) is 0 Å². The molecule has 4 aromatic rings. The van der Waals surface area contributed by atoms with Crippen LogP contribution in [0.1, 0.15) is 0 Å². The maximum atomic E-state index is 13.4. The van der Waals surface area contributed by atoms with Gasteiger partial charge < -0.3 is 15.0 Å². The highest BCUT2D eigenvalue weighted by Crippen LogP contribution is 2.35. The van der Waals surface area contributed by atoms with Crippen LogP contribution in [0, 0.1) is 0 Å². The minimum absolute atomic E-state index is 0.0484. The Balaban J connectivity index is 2.05. The Morgan fingerprint density at radius 3 is 2.36 bits per heavy atom. The summed E-state index contributed by atoms with van der Waals surface area (Å²) in [6.07, 6.45) is 1.64. The minimum Gasteiger partial charge on any atom is -0.497 e. The molecule has 8 heteroatoms. The quantitative estimate of drug-likeness (QED) is 0.522. The van der Waals surface area contributed by atoms with Gasteiger partial charge in [0.15, 0.2) is 5.65 Å². The van der Waals surface area contributed by atoms with Gasteiger partial charge in [-0.25, -0.2) is 18.4 Å². The first kappa shape index (κ1) is 18.0. The summed E-state index contributed by atoms with van der Waals surface area (Å²) < 4.78 is 33.5. The SMILES string of the molecule is C=CCn1c(N)c(S(=O)(=O)c2ccc(OC)cc2)c2nc3ccccc3nc21. The van der Waals surface area contributed by atoms with E-state index in [1.165, 1.54) is 19.2 Å². The zero-order valence-electron chi connectivity index (χ0n) is 15.2. The molecule has 0 aliphatic heterocycles. The predicted octanol–water partition coefficient (Wildman–Crippen LogP) is 3.19. The van der Waals surface area contributed by atoms with Crippen LogP contribution in [0.15, 0.2) is 71.0 Å². The highest BCUT2D eigenvalue weighted by Gasteiger charge is 2.29. The molecule has 0 aliphatic carbocycles. The number of nitrogens with two attached hydrogens (primary N) is 1. The van der Waals surface area contributed by atoms with Crippen LogP contribution >= 0.6 is 0 Å². The van der Waals surface area contributed by atoms with Crippen molar-refractivity contribution in [1.82, 2.24) is 14.5 Å². The summed E-state index contributed by atoms with van der Waals surface area (Å²) in [6, 6.07) is 13.4. The average Bonchev–Trinajstić information content (AvgIpc) is 2.98. The van der Waals surface area contributed by atoms with Crippen LogP contribution in [-0.4, -0.2) is 30.1 Å². The molecule has 0 radical (unpaired) electrons. The molecule has 0 atom stereocenters. The van der Waals surface area contributed by atoms with Gasteiger partial charge in [0.2, 0.25) is 9.84 Å². The van der Waals surface area contributed by atoms with Gasteiger partial charge in [0.25, 0.3) is 0 Å². The van der Waals surface area contributed by atoms with Gasteiger partial charge in [0.05, 0.1) is 23.0 Å². The van der Waals surface area contributed by atoms with E-state index in [0.717, 1.165) is 0 Å². The molecular formula is C20H18N4O3S. The Morgan fingerprint density at radius 2 is 1.75 bits per heavy atom. The number of para-hydroxylation sites is 2. The first-order chi connectivity index (χ1) is 13.5. The molecular weight excluding hydrogens is 376 g/mol. The lowest BCUT2D eigenvalue weighted by molar-refractivity contribution is 0.414. The molecule has 0 unspecified atom stereocenters. The summed E-state index contributed by atoms with van der Waals surface area (Å²) in [4.78, 5) is 9.22. The minimum atomic E-state index is -3.93. The number of nitrogens with zero attached hydrogens (tertiary/aromatic N) is 3. The van der Waals surface area contributed by atoms with Crippen LogP contribution in [-0.2, 0) is 16.4 Å². The number of ether oxygens (including phenoxy) is 1. The smallest absolute Gasteiger partial charge is 0.212 e. The normalized spacial score (nSPS) is 11.8. The summed E-state index contributed by atoms with van der Waals surface area (Å²) in [5.41, 5.74) is 8.18. The molecule has 2 aromatic carbocycles. The lowest BCUT2D eigenvalue weighted by atomic mass is 10.3. The Bertz CT molecular complexity index is 1310. The number of nitrogen functional groups attached to an aromatic ring is 1. The fraction of sp³-hybridized carbons (Fsp3) is 0.100. The lowest BCUT2D eigenvalue weighted by Crippen LogP contribution is -2.07. The van der Waals surface area contributed by atoms with Crippen LogP contribution in [0.4, 0.5) is 5.82 Å². The van der Waals surface area contributed by atoms with E-state index in [1.807, 2.05) is 18.2 Å². The lowest BCUT2D eigenvalue weighted by Gasteiger charge is -2.07. The van der Waals surface area contributed by atoms with Gasteiger partial charge >= 0.3 is 0 Å². The Labute approximate surface area is 162 Å². The summed E-state index contributed by atoms with van der Waals surface area (Å²) in [5.74, 6) is 0.646. The molecule has 0 aliphatic rings. The molecule has 142 valence electrons. The molecule has 4 rings (SSSR count). The maximum Gasteiger partial charge on any atom is 0.212 e. The number of benzene rings is 2. The van der Waals surface area contributed by atoms with Gasteiger partial charge in [0, 0.05) is 6.54 Å². The summed E-state index contributed by atoms with van der Waals surface area (Å²) in [7, 11) is -2.41. The van der Waals surface area contributed by atoms with Gasteiger partial charge in [-0.15, -0.1) is 6.58 Å². The largest absolute Gasteiger partial charge is 0.497 e. The summed E-state index contributed by atoms with van der Waals surface area (Å²) in [6.45, 7) is 4.04. The zero-order chi connectivity index (χ0) is 19.9. The number of sulfone groups is 1. The van der Waals surface area contributed by atoms with Gasteiger partial charge in [0.1, 0.15) is 22.0 Å². The fourth-order valence-corrected chi connectivity index (χ4v) is 4.65. The standard InChI is InChI=1S/C20H18N4O3S/c1-3-12-24-19(21)18(28(25,26)14-10-8-13(27-2)9-11-14)17-20(24)23-16-7-5-4-6-15(16)22-17/h3-11H,1,12,21H2,2H3. The third-order valence-electron chi connectivity index (χ3n) is 4.50. The van der Waals surface area contributed by atoms with Crippen molar-refractivity contribution < 1.29 is 13.2 Å². The van der Waals surface area contributed by atoms with E-state index in [4.69, 9.17) is 10.5 Å². The number of rotatable bonds is 5. The average molecular weight is 394 g/mol. The molecule has 2 heterocycles. The van der Waals surface area contributed by atoms with Crippen molar-refractivity contribution in [3.63, 3.8) is 0 Å². The fourth-order valence-electron chi connectivity index (χ4n) is 3.14. The van der Waals surface area contributed by atoms with Crippen LogP contribution in [0.2, 0.25) is 0 Å². The van der Waals surface area contributed by atoms with Gasteiger partial charge in [-0.3, -0.25) is 0 Å². The third kappa shape index (κ3) is 2.69. The van der Waals surface area contributed by atoms with E-state index in [-0.39, 0.29) is 21.1 Å². The van der Waals surface area contributed by atoms with Crippen LogP contribution in [0.3, 0.4) is 0 Å². The van der Waals surface area contributed by atoms with Crippen molar-refractivity contribution >= 4 is 37.9 Å². The second-order valence-electron chi connectivity index (χ2n) is 6.18. The Morgan fingerprint density at radius 1 is 1.11 bits per heavy atom. The van der Waals surface area contributed by atoms with E-state index in [0.29, 0.717) is 29.0 Å². The Hall–Kier alpha value is -3.39.